The Bertz CT molecular complexity index is 853. The first-order valence-electron chi connectivity index (χ1n) is 8.32. The lowest BCUT2D eigenvalue weighted by Gasteiger charge is -2.35. The quantitative estimate of drug-likeness (QED) is 0.738. The van der Waals surface area contributed by atoms with E-state index in [4.69, 9.17) is 0 Å². The van der Waals surface area contributed by atoms with Crippen molar-refractivity contribution in [3.63, 3.8) is 0 Å². The van der Waals surface area contributed by atoms with Crippen molar-refractivity contribution in [2.24, 2.45) is 0 Å². The average Bonchev–Trinajstić information content (AvgIpc) is 3.25. The molecule has 4 rings (SSSR count). The third kappa shape index (κ3) is 2.66. The maximum Gasteiger partial charge on any atom is 0.255 e. The van der Waals surface area contributed by atoms with Crippen LogP contribution in [0.5, 0.6) is 0 Å². The summed E-state index contributed by atoms with van der Waals surface area (Å²) in [5.74, 6) is 0.855. The fourth-order valence-corrected chi connectivity index (χ4v) is 3.38. The van der Waals surface area contributed by atoms with Crippen molar-refractivity contribution in [2.45, 2.75) is 38.8 Å². The van der Waals surface area contributed by atoms with Gasteiger partial charge in [-0.05, 0) is 44.4 Å². The van der Waals surface area contributed by atoms with Gasteiger partial charge in [-0.15, -0.1) is 10.2 Å². The molecule has 7 nitrogen and oxygen atoms in total. The minimum atomic E-state index is 0.0712. The van der Waals surface area contributed by atoms with Crippen molar-refractivity contribution in [3.05, 3.63) is 48.2 Å². The van der Waals surface area contributed by atoms with E-state index in [1.54, 1.807) is 6.20 Å². The van der Waals surface area contributed by atoms with Crippen LogP contribution < -0.4 is 0 Å². The summed E-state index contributed by atoms with van der Waals surface area (Å²) in [5, 5.41) is 12.4. The highest BCUT2D eigenvalue weighted by atomic mass is 16.2. The van der Waals surface area contributed by atoms with E-state index in [2.05, 4.69) is 15.3 Å². The molecular formula is C17H20N6O. The molecule has 0 spiro atoms. The molecule has 3 aromatic rings. The zero-order chi connectivity index (χ0) is 16.5. The molecule has 1 atom stereocenters. The molecule has 0 aliphatic carbocycles. The molecule has 0 radical (unpaired) electrons. The Morgan fingerprint density at radius 1 is 1.29 bits per heavy atom. The number of likely N-dealkylation sites (tertiary alicyclic amines) is 1. The van der Waals surface area contributed by atoms with Crippen molar-refractivity contribution in [3.8, 4) is 0 Å². The maximum absolute atomic E-state index is 13.1. The van der Waals surface area contributed by atoms with E-state index in [1.165, 1.54) is 0 Å². The van der Waals surface area contributed by atoms with Gasteiger partial charge in [-0.3, -0.25) is 13.9 Å². The number of carbonyl (C=O) groups is 1. The van der Waals surface area contributed by atoms with Crippen LogP contribution in [0.3, 0.4) is 0 Å². The van der Waals surface area contributed by atoms with Crippen LogP contribution in [-0.4, -0.2) is 47.8 Å². The second-order valence-corrected chi connectivity index (χ2v) is 6.27. The molecule has 1 fully saturated rings. The molecule has 1 aliphatic heterocycles. The summed E-state index contributed by atoms with van der Waals surface area (Å²) >= 11 is 0. The average molecular weight is 324 g/mol. The highest BCUT2D eigenvalue weighted by molar-refractivity contribution is 5.94. The molecule has 0 saturated carbocycles. The Labute approximate surface area is 139 Å². The molecule has 4 heterocycles. The van der Waals surface area contributed by atoms with Gasteiger partial charge in [-0.1, -0.05) is 0 Å². The van der Waals surface area contributed by atoms with Crippen molar-refractivity contribution < 1.29 is 4.79 Å². The van der Waals surface area contributed by atoms with Crippen LogP contribution in [0.25, 0.3) is 5.65 Å². The lowest BCUT2D eigenvalue weighted by atomic mass is 10.0. The van der Waals surface area contributed by atoms with Gasteiger partial charge in [0.2, 0.25) is 0 Å². The van der Waals surface area contributed by atoms with E-state index >= 15 is 0 Å². The van der Waals surface area contributed by atoms with Gasteiger partial charge in [0.1, 0.15) is 5.82 Å². The van der Waals surface area contributed by atoms with Gasteiger partial charge in [0.25, 0.3) is 5.91 Å². The van der Waals surface area contributed by atoms with Gasteiger partial charge in [0.05, 0.1) is 18.2 Å². The Morgan fingerprint density at radius 2 is 2.21 bits per heavy atom. The fourth-order valence-electron chi connectivity index (χ4n) is 3.38. The van der Waals surface area contributed by atoms with E-state index in [0.29, 0.717) is 5.56 Å². The SMILES string of the molecule is Cc1nnc2ccc(C(=O)N3CCCCC3Cn3cccn3)cn12. The Morgan fingerprint density at radius 3 is 3.04 bits per heavy atom. The Hall–Kier alpha value is -2.70. The van der Waals surface area contributed by atoms with Gasteiger partial charge in [-0.2, -0.15) is 5.10 Å². The minimum Gasteiger partial charge on any atom is -0.334 e. The number of aromatic nitrogens is 5. The number of hydrogen-bond donors (Lipinski definition) is 0. The second-order valence-electron chi connectivity index (χ2n) is 6.27. The molecule has 0 N–H and O–H groups in total. The molecule has 24 heavy (non-hydrogen) atoms. The first-order chi connectivity index (χ1) is 11.7. The predicted octanol–water partition coefficient (Wildman–Crippen LogP) is 1.93. The van der Waals surface area contributed by atoms with Crippen molar-refractivity contribution >= 4 is 11.6 Å². The predicted molar refractivity (Wildman–Crippen MR) is 88.6 cm³/mol. The van der Waals surface area contributed by atoms with Crippen LogP contribution >= 0.6 is 0 Å². The van der Waals surface area contributed by atoms with Gasteiger partial charge in [0, 0.05) is 25.1 Å². The molecule has 1 saturated heterocycles. The minimum absolute atomic E-state index is 0.0712. The summed E-state index contributed by atoms with van der Waals surface area (Å²) in [7, 11) is 0. The smallest absolute Gasteiger partial charge is 0.255 e. The summed E-state index contributed by atoms with van der Waals surface area (Å²) in [6, 6.07) is 5.78. The number of pyridine rings is 1. The van der Waals surface area contributed by atoms with Crippen LogP contribution in [0, 0.1) is 6.92 Å². The monoisotopic (exact) mass is 324 g/mol. The number of nitrogens with zero attached hydrogens (tertiary/aromatic N) is 6. The number of carbonyl (C=O) groups excluding carboxylic acids is 1. The summed E-state index contributed by atoms with van der Waals surface area (Å²) in [6.45, 7) is 3.42. The maximum atomic E-state index is 13.1. The molecular weight excluding hydrogens is 304 g/mol. The Balaban J connectivity index is 1.61. The number of piperidine rings is 1. The molecule has 0 bridgehead atoms. The largest absolute Gasteiger partial charge is 0.334 e. The van der Waals surface area contributed by atoms with E-state index in [0.717, 1.165) is 43.8 Å². The second kappa shape index (κ2) is 6.07. The van der Waals surface area contributed by atoms with E-state index in [-0.39, 0.29) is 11.9 Å². The van der Waals surface area contributed by atoms with Crippen LogP contribution in [0.4, 0.5) is 0 Å². The van der Waals surface area contributed by atoms with Crippen molar-refractivity contribution in [2.75, 3.05) is 6.54 Å². The fraction of sp³-hybridized carbons (Fsp3) is 0.412. The molecule has 0 aromatic carbocycles. The van der Waals surface area contributed by atoms with E-state index in [1.807, 2.05) is 51.5 Å². The zero-order valence-electron chi connectivity index (χ0n) is 13.7. The molecule has 1 unspecified atom stereocenters. The molecule has 3 aromatic heterocycles. The lowest BCUT2D eigenvalue weighted by Crippen LogP contribution is -2.46. The van der Waals surface area contributed by atoms with Crippen LogP contribution in [0.1, 0.15) is 35.4 Å². The molecule has 1 amide bonds. The van der Waals surface area contributed by atoms with Gasteiger partial charge >= 0.3 is 0 Å². The molecule has 124 valence electrons. The molecule has 7 heteroatoms. The number of hydrogen-bond acceptors (Lipinski definition) is 4. The first kappa shape index (κ1) is 14.9. The third-order valence-electron chi connectivity index (χ3n) is 4.66. The summed E-state index contributed by atoms with van der Waals surface area (Å²) < 4.78 is 3.77. The van der Waals surface area contributed by atoms with Gasteiger partial charge < -0.3 is 4.90 Å². The Kier molecular flexibility index (Phi) is 3.76. The number of amides is 1. The third-order valence-corrected chi connectivity index (χ3v) is 4.66. The lowest BCUT2D eigenvalue weighted by molar-refractivity contribution is 0.0583. The standard InChI is InChI=1S/C17H20N6O/c1-13-19-20-16-7-6-14(11-23(13)16)17(24)22-10-3-2-5-15(22)12-21-9-4-8-18-21/h4,6-9,11,15H,2-3,5,10,12H2,1H3. The topological polar surface area (TPSA) is 68.3 Å². The first-order valence-corrected chi connectivity index (χ1v) is 8.32. The zero-order valence-corrected chi connectivity index (χ0v) is 13.7. The number of rotatable bonds is 3. The summed E-state index contributed by atoms with van der Waals surface area (Å²) in [4.78, 5) is 15.0. The van der Waals surface area contributed by atoms with E-state index in [9.17, 15) is 4.79 Å². The van der Waals surface area contributed by atoms with Gasteiger partial charge in [-0.25, -0.2) is 0 Å². The highest BCUT2D eigenvalue weighted by Gasteiger charge is 2.28. The molecule has 1 aliphatic rings. The van der Waals surface area contributed by atoms with Crippen molar-refractivity contribution in [1.29, 1.82) is 0 Å². The summed E-state index contributed by atoms with van der Waals surface area (Å²) in [6.07, 6.45) is 8.78. The normalized spacial score (nSPS) is 18.2. The summed E-state index contributed by atoms with van der Waals surface area (Å²) in [5.41, 5.74) is 1.44. The van der Waals surface area contributed by atoms with Crippen LogP contribution in [0.2, 0.25) is 0 Å². The van der Waals surface area contributed by atoms with E-state index < -0.39 is 0 Å². The number of aryl methyl sites for hydroxylation is 1. The van der Waals surface area contributed by atoms with Crippen LogP contribution in [-0.2, 0) is 6.54 Å². The highest BCUT2D eigenvalue weighted by Crippen LogP contribution is 2.21. The number of fused-ring (bicyclic) bond motifs is 1. The van der Waals surface area contributed by atoms with Crippen molar-refractivity contribution in [1.82, 2.24) is 29.3 Å². The van der Waals surface area contributed by atoms with Gasteiger partial charge in [0.15, 0.2) is 5.65 Å². The van der Waals surface area contributed by atoms with Crippen LogP contribution in [0.15, 0.2) is 36.8 Å².